The Morgan fingerprint density at radius 1 is 1.16 bits per heavy atom. The molecule has 0 amide bonds. The van der Waals surface area contributed by atoms with Crippen LogP contribution in [0.15, 0.2) is 55.1 Å². The molecule has 0 saturated heterocycles. The van der Waals surface area contributed by atoms with Gasteiger partial charge < -0.3 is 5.32 Å². The van der Waals surface area contributed by atoms with Crippen molar-refractivity contribution in [1.29, 1.82) is 0 Å². The van der Waals surface area contributed by atoms with Crippen molar-refractivity contribution in [2.75, 3.05) is 5.32 Å². The molecule has 7 nitrogen and oxygen atoms in total. The Morgan fingerprint density at radius 2 is 2.04 bits per heavy atom. The minimum atomic E-state index is 0.584. The molecule has 5 rings (SSSR count). The molecule has 4 aromatic rings. The number of nitrogens with zero attached hydrogens (tertiary/aromatic N) is 6. The second-order valence-corrected chi connectivity index (χ2v) is 6.33. The summed E-state index contributed by atoms with van der Waals surface area (Å²) in [5.74, 6) is 0.584. The van der Waals surface area contributed by atoms with E-state index in [4.69, 9.17) is 0 Å². The summed E-state index contributed by atoms with van der Waals surface area (Å²) < 4.78 is 3.61. The number of aromatic nitrogens is 6. The summed E-state index contributed by atoms with van der Waals surface area (Å²) in [6.07, 6.45) is 7.81. The maximum absolute atomic E-state index is 4.59. The standard InChI is InChI=1S/C18H17N7/c1-8-21-24(9-1)15-6-2-13(3-7-15)11-19-17-10-16(14-4-5-14)23-25-12-20-22-18(17)25/h1-3,6-10,12,14,19H,4-5,11H2. The van der Waals surface area contributed by atoms with Crippen molar-refractivity contribution in [3.8, 4) is 5.69 Å². The van der Waals surface area contributed by atoms with E-state index in [-0.39, 0.29) is 0 Å². The lowest BCUT2D eigenvalue weighted by atomic mass is 10.2. The lowest BCUT2D eigenvalue weighted by Gasteiger charge is -2.10. The number of benzene rings is 1. The Balaban J connectivity index is 1.37. The SMILES string of the molecule is c1cnn(-c2ccc(CNc3cc(C4CC4)nn4cnnc34)cc2)c1. The summed E-state index contributed by atoms with van der Waals surface area (Å²) >= 11 is 0. The number of nitrogens with one attached hydrogen (secondary N) is 1. The van der Waals surface area contributed by atoms with E-state index in [0.29, 0.717) is 5.92 Å². The largest absolute Gasteiger partial charge is 0.378 e. The van der Waals surface area contributed by atoms with Crippen LogP contribution in [-0.4, -0.2) is 29.6 Å². The van der Waals surface area contributed by atoms with Gasteiger partial charge in [0.2, 0.25) is 5.65 Å². The Bertz CT molecular complexity index is 998. The molecule has 0 spiro atoms. The fourth-order valence-corrected chi connectivity index (χ4v) is 2.94. The van der Waals surface area contributed by atoms with Crippen LogP contribution < -0.4 is 5.32 Å². The van der Waals surface area contributed by atoms with E-state index in [0.717, 1.165) is 29.3 Å². The summed E-state index contributed by atoms with van der Waals surface area (Å²) in [4.78, 5) is 0. The first-order chi connectivity index (χ1) is 12.4. The molecule has 0 bridgehead atoms. The van der Waals surface area contributed by atoms with Crippen molar-refractivity contribution in [3.05, 3.63) is 66.4 Å². The van der Waals surface area contributed by atoms with E-state index in [1.165, 1.54) is 18.4 Å². The van der Waals surface area contributed by atoms with E-state index in [1.807, 2.05) is 16.9 Å². The summed E-state index contributed by atoms with van der Waals surface area (Å²) in [5.41, 5.74) is 5.10. The molecule has 1 fully saturated rings. The topological polar surface area (TPSA) is 72.9 Å². The minimum absolute atomic E-state index is 0.584. The summed E-state index contributed by atoms with van der Waals surface area (Å²) in [6.45, 7) is 0.718. The summed E-state index contributed by atoms with van der Waals surface area (Å²) in [6, 6.07) is 12.4. The molecule has 3 aromatic heterocycles. The van der Waals surface area contributed by atoms with Crippen molar-refractivity contribution in [1.82, 2.24) is 29.6 Å². The van der Waals surface area contributed by atoms with Gasteiger partial charge in [-0.2, -0.15) is 14.7 Å². The average Bonchev–Trinajstić information content (AvgIpc) is 3.15. The van der Waals surface area contributed by atoms with Gasteiger partial charge in [0.05, 0.1) is 17.1 Å². The lowest BCUT2D eigenvalue weighted by Crippen LogP contribution is -2.05. The molecule has 0 aliphatic heterocycles. The molecule has 7 heteroatoms. The van der Waals surface area contributed by atoms with E-state index >= 15 is 0 Å². The number of anilines is 1. The van der Waals surface area contributed by atoms with Crippen molar-refractivity contribution >= 4 is 11.3 Å². The third-order valence-electron chi connectivity index (χ3n) is 4.47. The van der Waals surface area contributed by atoms with Gasteiger partial charge in [-0.25, -0.2) is 4.68 Å². The van der Waals surface area contributed by atoms with E-state index in [2.05, 4.69) is 56.0 Å². The molecule has 3 heterocycles. The van der Waals surface area contributed by atoms with Crippen molar-refractivity contribution < 1.29 is 0 Å². The third kappa shape index (κ3) is 2.73. The summed E-state index contributed by atoms with van der Waals surface area (Å²) in [7, 11) is 0. The van der Waals surface area contributed by atoms with Gasteiger partial charge in [-0.3, -0.25) is 0 Å². The van der Waals surface area contributed by atoms with Crippen LogP contribution in [0.5, 0.6) is 0 Å². The second-order valence-electron chi connectivity index (χ2n) is 6.33. The Hall–Kier alpha value is -3.22. The van der Waals surface area contributed by atoms with Gasteiger partial charge in [-0.1, -0.05) is 12.1 Å². The van der Waals surface area contributed by atoms with Crippen LogP contribution in [0.2, 0.25) is 0 Å². The highest BCUT2D eigenvalue weighted by Gasteiger charge is 2.26. The number of fused-ring (bicyclic) bond motifs is 1. The fraction of sp³-hybridized carbons (Fsp3) is 0.222. The second kappa shape index (κ2) is 5.70. The van der Waals surface area contributed by atoms with Crippen molar-refractivity contribution in [2.45, 2.75) is 25.3 Å². The molecule has 1 aliphatic carbocycles. The van der Waals surface area contributed by atoms with Crippen molar-refractivity contribution in [2.24, 2.45) is 0 Å². The van der Waals surface area contributed by atoms with Crippen LogP contribution in [0.4, 0.5) is 5.69 Å². The van der Waals surface area contributed by atoms with E-state index in [1.54, 1.807) is 17.0 Å². The van der Waals surface area contributed by atoms with Crippen LogP contribution in [0, 0.1) is 0 Å². The van der Waals surface area contributed by atoms with E-state index in [9.17, 15) is 0 Å². The fourth-order valence-electron chi connectivity index (χ4n) is 2.94. The highest BCUT2D eigenvalue weighted by Crippen LogP contribution is 2.39. The zero-order valence-corrected chi connectivity index (χ0v) is 13.6. The number of hydrogen-bond donors (Lipinski definition) is 1. The van der Waals surface area contributed by atoms with Gasteiger partial charge in [0.25, 0.3) is 0 Å². The zero-order valence-electron chi connectivity index (χ0n) is 13.6. The van der Waals surface area contributed by atoms with Crippen LogP contribution in [0.3, 0.4) is 0 Å². The molecule has 0 radical (unpaired) electrons. The van der Waals surface area contributed by atoms with Crippen LogP contribution in [0.1, 0.15) is 30.0 Å². The first-order valence-corrected chi connectivity index (χ1v) is 8.40. The van der Waals surface area contributed by atoms with Gasteiger partial charge >= 0.3 is 0 Å². The van der Waals surface area contributed by atoms with Crippen LogP contribution in [-0.2, 0) is 6.54 Å². The molecular formula is C18H17N7. The Labute approximate surface area is 144 Å². The predicted octanol–water partition coefficient (Wildman–Crippen LogP) is 2.80. The van der Waals surface area contributed by atoms with Gasteiger partial charge in [0.1, 0.15) is 6.33 Å². The number of hydrogen-bond acceptors (Lipinski definition) is 5. The maximum Gasteiger partial charge on any atom is 0.200 e. The minimum Gasteiger partial charge on any atom is -0.378 e. The first-order valence-electron chi connectivity index (χ1n) is 8.40. The number of rotatable bonds is 5. The highest BCUT2D eigenvalue weighted by molar-refractivity contribution is 5.67. The quantitative estimate of drug-likeness (QED) is 0.609. The molecule has 1 aliphatic rings. The highest BCUT2D eigenvalue weighted by atomic mass is 15.3. The molecule has 1 N–H and O–H groups in total. The molecule has 1 aromatic carbocycles. The maximum atomic E-state index is 4.59. The van der Waals surface area contributed by atoms with E-state index < -0.39 is 0 Å². The van der Waals surface area contributed by atoms with Gasteiger partial charge in [0, 0.05) is 24.9 Å². The monoisotopic (exact) mass is 331 g/mol. The molecule has 0 unspecified atom stereocenters. The smallest absolute Gasteiger partial charge is 0.200 e. The zero-order chi connectivity index (χ0) is 16.6. The first kappa shape index (κ1) is 14.2. The van der Waals surface area contributed by atoms with Gasteiger partial charge in [0.15, 0.2) is 0 Å². The molecular weight excluding hydrogens is 314 g/mol. The van der Waals surface area contributed by atoms with Gasteiger partial charge in [-0.15, -0.1) is 10.2 Å². The van der Waals surface area contributed by atoms with Gasteiger partial charge in [-0.05, 0) is 42.7 Å². The molecule has 0 atom stereocenters. The lowest BCUT2D eigenvalue weighted by molar-refractivity contribution is 0.850. The Morgan fingerprint density at radius 3 is 2.80 bits per heavy atom. The normalized spacial score (nSPS) is 14.1. The molecule has 1 saturated carbocycles. The third-order valence-corrected chi connectivity index (χ3v) is 4.47. The molecule has 124 valence electrons. The Kier molecular flexibility index (Phi) is 3.22. The van der Waals surface area contributed by atoms with Crippen molar-refractivity contribution in [3.63, 3.8) is 0 Å². The van der Waals surface area contributed by atoms with Crippen LogP contribution >= 0.6 is 0 Å². The predicted molar refractivity (Wildman–Crippen MR) is 93.6 cm³/mol. The average molecular weight is 331 g/mol. The molecule has 25 heavy (non-hydrogen) atoms. The van der Waals surface area contributed by atoms with Crippen LogP contribution in [0.25, 0.3) is 11.3 Å². The summed E-state index contributed by atoms with van der Waals surface area (Å²) in [5, 5.41) is 20.5.